The van der Waals surface area contributed by atoms with Crippen molar-refractivity contribution in [1.29, 1.82) is 0 Å². The SMILES string of the molecule is CN(C)C(=O)CN=C(NCC1CCOC1)NC1CCC(c2ccccc2)CC1. The van der Waals surface area contributed by atoms with Crippen LogP contribution in [0.15, 0.2) is 35.3 Å². The van der Waals surface area contributed by atoms with Crippen molar-refractivity contribution in [2.75, 3.05) is 40.4 Å². The lowest BCUT2D eigenvalue weighted by atomic mass is 9.82. The van der Waals surface area contributed by atoms with Crippen LogP contribution in [0.2, 0.25) is 0 Å². The number of nitrogens with zero attached hydrogens (tertiary/aromatic N) is 2. The van der Waals surface area contributed by atoms with E-state index in [-0.39, 0.29) is 12.5 Å². The molecule has 1 aromatic carbocycles. The van der Waals surface area contributed by atoms with Crippen molar-refractivity contribution in [3.05, 3.63) is 35.9 Å². The van der Waals surface area contributed by atoms with Gasteiger partial charge in [-0.2, -0.15) is 0 Å². The average molecular weight is 387 g/mol. The molecule has 0 spiro atoms. The molecule has 6 nitrogen and oxygen atoms in total. The minimum absolute atomic E-state index is 0.0121. The molecule has 0 radical (unpaired) electrons. The van der Waals surface area contributed by atoms with E-state index < -0.39 is 0 Å². The molecule has 1 unspecified atom stereocenters. The van der Waals surface area contributed by atoms with Crippen LogP contribution in [0.1, 0.15) is 43.6 Å². The molecule has 1 amide bonds. The molecular formula is C22H34N4O2. The predicted octanol–water partition coefficient (Wildman–Crippen LogP) is 2.37. The summed E-state index contributed by atoms with van der Waals surface area (Å²) in [5.41, 5.74) is 1.45. The Morgan fingerprint density at radius 3 is 2.54 bits per heavy atom. The molecule has 0 aromatic heterocycles. The first-order chi connectivity index (χ1) is 13.6. The smallest absolute Gasteiger partial charge is 0.243 e. The summed E-state index contributed by atoms with van der Waals surface area (Å²) in [4.78, 5) is 18.1. The maximum Gasteiger partial charge on any atom is 0.243 e. The molecule has 1 saturated carbocycles. The lowest BCUT2D eigenvalue weighted by Gasteiger charge is -2.30. The fourth-order valence-electron chi connectivity index (χ4n) is 3.92. The number of rotatable bonds is 6. The van der Waals surface area contributed by atoms with Crippen molar-refractivity contribution in [2.45, 2.75) is 44.1 Å². The van der Waals surface area contributed by atoms with Gasteiger partial charge in [0.2, 0.25) is 5.91 Å². The van der Waals surface area contributed by atoms with Crippen molar-refractivity contribution in [3.63, 3.8) is 0 Å². The number of ether oxygens (including phenoxy) is 1. The average Bonchev–Trinajstić information content (AvgIpc) is 3.24. The van der Waals surface area contributed by atoms with Crippen molar-refractivity contribution >= 4 is 11.9 Å². The molecular weight excluding hydrogens is 352 g/mol. The highest BCUT2D eigenvalue weighted by molar-refractivity contribution is 5.84. The van der Waals surface area contributed by atoms with Crippen molar-refractivity contribution in [1.82, 2.24) is 15.5 Å². The van der Waals surface area contributed by atoms with Gasteiger partial charge in [-0.05, 0) is 43.6 Å². The zero-order valence-corrected chi connectivity index (χ0v) is 17.2. The minimum Gasteiger partial charge on any atom is -0.381 e. The second-order valence-corrected chi connectivity index (χ2v) is 8.17. The lowest BCUT2D eigenvalue weighted by Crippen LogP contribution is -2.46. The number of hydrogen-bond donors (Lipinski definition) is 2. The fraction of sp³-hybridized carbons (Fsp3) is 0.636. The van der Waals surface area contributed by atoms with Gasteiger partial charge in [0.05, 0.1) is 6.61 Å². The number of benzene rings is 1. The number of likely N-dealkylation sites (N-methyl/N-ethyl adjacent to an activating group) is 1. The Labute approximate surface area is 168 Å². The van der Waals surface area contributed by atoms with Crippen LogP contribution in [0, 0.1) is 5.92 Å². The summed E-state index contributed by atoms with van der Waals surface area (Å²) in [6, 6.07) is 11.2. The molecule has 1 heterocycles. The normalized spacial score (nSPS) is 25.4. The fourth-order valence-corrected chi connectivity index (χ4v) is 3.92. The van der Waals surface area contributed by atoms with Gasteiger partial charge in [0.1, 0.15) is 6.54 Å². The molecule has 1 aromatic rings. The molecule has 1 aliphatic carbocycles. The Kier molecular flexibility index (Phi) is 7.71. The molecule has 1 saturated heterocycles. The second-order valence-electron chi connectivity index (χ2n) is 8.17. The topological polar surface area (TPSA) is 66.0 Å². The maximum absolute atomic E-state index is 11.9. The Hall–Kier alpha value is -2.08. The van der Waals surface area contributed by atoms with E-state index in [1.807, 2.05) is 0 Å². The quantitative estimate of drug-likeness (QED) is 0.582. The van der Waals surface area contributed by atoms with E-state index >= 15 is 0 Å². The van der Waals surface area contributed by atoms with Gasteiger partial charge >= 0.3 is 0 Å². The highest BCUT2D eigenvalue weighted by Crippen LogP contribution is 2.32. The van der Waals surface area contributed by atoms with E-state index in [2.05, 4.69) is 46.0 Å². The van der Waals surface area contributed by atoms with Crippen LogP contribution in [-0.2, 0) is 9.53 Å². The van der Waals surface area contributed by atoms with Crippen molar-refractivity contribution in [3.8, 4) is 0 Å². The molecule has 2 fully saturated rings. The van der Waals surface area contributed by atoms with Gasteiger partial charge in [-0.1, -0.05) is 30.3 Å². The Bertz CT molecular complexity index is 633. The third-order valence-corrected chi connectivity index (χ3v) is 5.79. The molecule has 2 N–H and O–H groups in total. The summed E-state index contributed by atoms with van der Waals surface area (Å²) >= 11 is 0. The van der Waals surface area contributed by atoms with E-state index in [4.69, 9.17) is 4.74 Å². The van der Waals surface area contributed by atoms with E-state index in [0.717, 1.165) is 45.0 Å². The molecule has 0 bridgehead atoms. The zero-order valence-electron chi connectivity index (χ0n) is 17.2. The number of amides is 1. The third kappa shape index (κ3) is 6.23. The first-order valence-corrected chi connectivity index (χ1v) is 10.5. The lowest BCUT2D eigenvalue weighted by molar-refractivity contribution is -0.127. The van der Waals surface area contributed by atoms with Gasteiger partial charge in [0.25, 0.3) is 0 Å². The largest absolute Gasteiger partial charge is 0.381 e. The van der Waals surface area contributed by atoms with Crippen LogP contribution in [0.25, 0.3) is 0 Å². The standard InChI is InChI=1S/C22H34N4O2/c1-26(2)21(27)15-24-22(23-14-17-12-13-28-16-17)25-20-10-8-19(9-11-20)18-6-4-3-5-7-18/h3-7,17,19-20H,8-16H2,1-2H3,(H2,23,24,25). The van der Waals surface area contributed by atoms with Gasteiger partial charge in [0.15, 0.2) is 5.96 Å². The van der Waals surface area contributed by atoms with Crippen LogP contribution >= 0.6 is 0 Å². The van der Waals surface area contributed by atoms with Gasteiger partial charge < -0.3 is 20.3 Å². The summed E-state index contributed by atoms with van der Waals surface area (Å²) in [5.74, 6) is 1.94. The summed E-state index contributed by atoms with van der Waals surface area (Å²) in [6.45, 7) is 2.65. The third-order valence-electron chi connectivity index (χ3n) is 5.79. The number of carbonyl (C=O) groups excluding carboxylic acids is 1. The molecule has 6 heteroatoms. The van der Waals surface area contributed by atoms with Gasteiger partial charge in [0, 0.05) is 39.2 Å². The Morgan fingerprint density at radius 2 is 1.89 bits per heavy atom. The van der Waals surface area contributed by atoms with E-state index in [1.165, 1.54) is 18.4 Å². The molecule has 28 heavy (non-hydrogen) atoms. The molecule has 1 atom stereocenters. The van der Waals surface area contributed by atoms with Crippen LogP contribution in [0.5, 0.6) is 0 Å². The van der Waals surface area contributed by atoms with Crippen LogP contribution in [-0.4, -0.2) is 63.2 Å². The van der Waals surface area contributed by atoms with E-state index in [9.17, 15) is 4.79 Å². The van der Waals surface area contributed by atoms with Gasteiger partial charge in [-0.3, -0.25) is 4.79 Å². The van der Waals surface area contributed by atoms with E-state index in [1.54, 1.807) is 19.0 Å². The second kappa shape index (κ2) is 10.5. The van der Waals surface area contributed by atoms with E-state index in [0.29, 0.717) is 17.9 Å². The molecule has 2 aliphatic rings. The van der Waals surface area contributed by atoms with Crippen LogP contribution in [0.3, 0.4) is 0 Å². The van der Waals surface area contributed by atoms with Gasteiger partial charge in [-0.15, -0.1) is 0 Å². The minimum atomic E-state index is 0.0121. The monoisotopic (exact) mass is 386 g/mol. The Balaban J connectivity index is 1.52. The van der Waals surface area contributed by atoms with Crippen molar-refractivity contribution < 1.29 is 9.53 Å². The number of guanidine groups is 1. The first-order valence-electron chi connectivity index (χ1n) is 10.5. The van der Waals surface area contributed by atoms with Crippen LogP contribution in [0.4, 0.5) is 0 Å². The summed E-state index contributed by atoms with van der Waals surface area (Å²) < 4.78 is 5.46. The van der Waals surface area contributed by atoms with Crippen molar-refractivity contribution in [2.24, 2.45) is 10.9 Å². The summed E-state index contributed by atoms with van der Waals surface area (Å²) in [6.07, 6.45) is 5.69. The summed E-state index contributed by atoms with van der Waals surface area (Å²) in [5, 5.41) is 7.01. The zero-order chi connectivity index (χ0) is 19.8. The highest BCUT2D eigenvalue weighted by Gasteiger charge is 2.23. The van der Waals surface area contributed by atoms with Gasteiger partial charge in [-0.25, -0.2) is 4.99 Å². The Morgan fingerprint density at radius 1 is 1.14 bits per heavy atom. The van der Waals surface area contributed by atoms with Crippen LogP contribution < -0.4 is 10.6 Å². The number of carbonyl (C=O) groups is 1. The predicted molar refractivity (Wildman–Crippen MR) is 112 cm³/mol. The maximum atomic E-state index is 11.9. The molecule has 3 rings (SSSR count). The number of hydrogen-bond acceptors (Lipinski definition) is 3. The summed E-state index contributed by atoms with van der Waals surface area (Å²) in [7, 11) is 3.53. The molecule has 154 valence electrons. The number of nitrogens with one attached hydrogen (secondary N) is 2. The highest BCUT2D eigenvalue weighted by atomic mass is 16.5. The number of aliphatic imine (C=N–C) groups is 1. The first kappa shape index (κ1) is 20.6. The molecule has 1 aliphatic heterocycles.